The highest BCUT2D eigenvalue weighted by molar-refractivity contribution is 7.89. The van der Waals surface area contributed by atoms with Gasteiger partial charge in [0.05, 0.1) is 10.8 Å². The Labute approximate surface area is 125 Å². The molecule has 6 nitrogen and oxygen atoms in total. The van der Waals surface area contributed by atoms with Gasteiger partial charge in [0.1, 0.15) is 0 Å². The SMILES string of the molecule is CCNS(=O)(=O)c1ccc(NC(=O)[C@@H]2CCCNC2)cc1. The summed E-state index contributed by atoms with van der Waals surface area (Å²) in [7, 11) is -3.45. The Hall–Kier alpha value is -1.44. The van der Waals surface area contributed by atoms with Gasteiger partial charge >= 0.3 is 0 Å². The summed E-state index contributed by atoms with van der Waals surface area (Å²) in [5.41, 5.74) is 0.612. The summed E-state index contributed by atoms with van der Waals surface area (Å²) in [6, 6.07) is 6.20. The van der Waals surface area contributed by atoms with Crippen LogP contribution in [0.5, 0.6) is 0 Å². The predicted octanol–water partition coefficient (Wildman–Crippen LogP) is 0.923. The van der Waals surface area contributed by atoms with Crippen LogP contribution in [0, 0.1) is 5.92 Å². The van der Waals surface area contributed by atoms with Crippen LogP contribution in [-0.2, 0) is 14.8 Å². The molecular formula is C14H21N3O3S. The number of rotatable bonds is 5. The smallest absolute Gasteiger partial charge is 0.240 e. The van der Waals surface area contributed by atoms with Crippen molar-refractivity contribution in [3.63, 3.8) is 0 Å². The molecule has 7 heteroatoms. The molecule has 0 aromatic heterocycles. The maximum absolute atomic E-state index is 12.1. The minimum Gasteiger partial charge on any atom is -0.326 e. The van der Waals surface area contributed by atoms with Crippen LogP contribution in [-0.4, -0.2) is 34.0 Å². The van der Waals surface area contributed by atoms with Crippen LogP contribution in [0.3, 0.4) is 0 Å². The first-order chi connectivity index (χ1) is 10.0. The Balaban J connectivity index is 2.00. The lowest BCUT2D eigenvalue weighted by atomic mass is 9.99. The van der Waals surface area contributed by atoms with E-state index in [0.717, 1.165) is 19.4 Å². The van der Waals surface area contributed by atoms with Crippen LogP contribution in [0.4, 0.5) is 5.69 Å². The Kier molecular flexibility index (Phi) is 5.33. The van der Waals surface area contributed by atoms with Gasteiger partial charge in [0, 0.05) is 18.8 Å². The van der Waals surface area contributed by atoms with Crippen LogP contribution in [0.1, 0.15) is 19.8 Å². The molecule has 1 amide bonds. The zero-order chi connectivity index (χ0) is 15.3. The molecule has 1 fully saturated rings. The first kappa shape index (κ1) is 15.9. The summed E-state index contributed by atoms with van der Waals surface area (Å²) in [4.78, 5) is 12.3. The molecule has 1 aliphatic heterocycles. The van der Waals surface area contributed by atoms with Gasteiger partial charge in [-0.2, -0.15) is 0 Å². The van der Waals surface area contributed by atoms with Gasteiger partial charge in [0.15, 0.2) is 0 Å². The summed E-state index contributed by atoms with van der Waals surface area (Å²) in [5.74, 6) is -0.0478. The third-order valence-corrected chi connectivity index (χ3v) is 5.00. The Morgan fingerprint density at radius 1 is 1.33 bits per heavy atom. The topological polar surface area (TPSA) is 87.3 Å². The minimum atomic E-state index is -3.45. The van der Waals surface area contributed by atoms with E-state index in [-0.39, 0.29) is 16.7 Å². The number of carbonyl (C=O) groups excluding carboxylic acids is 1. The molecular weight excluding hydrogens is 290 g/mol. The van der Waals surface area contributed by atoms with Gasteiger partial charge in [-0.1, -0.05) is 6.92 Å². The Morgan fingerprint density at radius 3 is 2.62 bits per heavy atom. The molecule has 0 saturated carbocycles. The second-order valence-electron chi connectivity index (χ2n) is 5.06. The molecule has 0 unspecified atom stereocenters. The number of hydrogen-bond donors (Lipinski definition) is 3. The van der Waals surface area contributed by atoms with Crippen molar-refractivity contribution >= 4 is 21.6 Å². The van der Waals surface area contributed by atoms with Gasteiger partial charge in [-0.3, -0.25) is 4.79 Å². The van der Waals surface area contributed by atoms with Crippen molar-refractivity contribution in [1.29, 1.82) is 0 Å². The number of amides is 1. The summed E-state index contributed by atoms with van der Waals surface area (Å²) < 4.78 is 26.0. The van der Waals surface area contributed by atoms with Gasteiger partial charge in [-0.05, 0) is 43.7 Å². The molecule has 21 heavy (non-hydrogen) atoms. The summed E-state index contributed by atoms with van der Waals surface area (Å²) in [5, 5.41) is 6.02. The fourth-order valence-corrected chi connectivity index (χ4v) is 3.35. The van der Waals surface area contributed by atoms with Crippen molar-refractivity contribution < 1.29 is 13.2 Å². The molecule has 1 aliphatic rings. The lowest BCUT2D eigenvalue weighted by Gasteiger charge is -2.21. The molecule has 1 aromatic rings. The maximum atomic E-state index is 12.1. The molecule has 2 rings (SSSR count). The van der Waals surface area contributed by atoms with Crippen molar-refractivity contribution in [2.45, 2.75) is 24.7 Å². The third kappa shape index (κ3) is 4.26. The van der Waals surface area contributed by atoms with Crippen LogP contribution in [0.25, 0.3) is 0 Å². The highest BCUT2D eigenvalue weighted by Crippen LogP contribution is 2.17. The second kappa shape index (κ2) is 7.02. The van der Waals surface area contributed by atoms with E-state index in [1.54, 1.807) is 19.1 Å². The highest BCUT2D eigenvalue weighted by atomic mass is 32.2. The highest BCUT2D eigenvalue weighted by Gasteiger charge is 2.21. The zero-order valence-electron chi connectivity index (χ0n) is 12.1. The number of hydrogen-bond acceptors (Lipinski definition) is 4. The maximum Gasteiger partial charge on any atom is 0.240 e. The van der Waals surface area contributed by atoms with Gasteiger partial charge in [0.25, 0.3) is 0 Å². The van der Waals surface area contributed by atoms with E-state index >= 15 is 0 Å². The number of carbonyl (C=O) groups is 1. The second-order valence-corrected chi connectivity index (χ2v) is 6.83. The van der Waals surface area contributed by atoms with Gasteiger partial charge in [-0.25, -0.2) is 13.1 Å². The van der Waals surface area contributed by atoms with Gasteiger partial charge in [0.2, 0.25) is 15.9 Å². The van der Waals surface area contributed by atoms with Gasteiger partial charge in [-0.15, -0.1) is 0 Å². The monoisotopic (exact) mass is 311 g/mol. The van der Waals surface area contributed by atoms with Crippen LogP contribution in [0.2, 0.25) is 0 Å². The van der Waals surface area contributed by atoms with Crippen LogP contribution >= 0.6 is 0 Å². The number of benzene rings is 1. The van der Waals surface area contributed by atoms with Crippen molar-refractivity contribution in [2.24, 2.45) is 5.92 Å². The molecule has 1 saturated heterocycles. The summed E-state index contributed by atoms with van der Waals surface area (Å²) in [6.07, 6.45) is 1.88. The molecule has 0 bridgehead atoms. The molecule has 116 valence electrons. The number of piperidine rings is 1. The Morgan fingerprint density at radius 2 is 2.05 bits per heavy atom. The number of anilines is 1. The lowest BCUT2D eigenvalue weighted by molar-refractivity contribution is -0.120. The van der Waals surface area contributed by atoms with Crippen LogP contribution in [0.15, 0.2) is 29.2 Å². The Bertz CT molecular complexity index is 578. The summed E-state index contributed by atoms with van der Waals surface area (Å²) >= 11 is 0. The third-order valence-electron chi connectivity index (χ3n) is 3.43. The molecule has 0 radical (unpaired) electrons. The van der Waals surface area contributed by atoms with E-state index in [1.807, 2.05) is 0 Å². The van der Waals surface area contributed by atoms with Crippen molar-refractivity contribution in [2.75, 3.05) is 25.0 Å². The normalized spacial score (nSPS) is 19.2. The first-order valence-corrected chi connectivity index (χ1v) is 8.62. The average molecular weight is 311 g/mol. The lowest BCUT2D eigenvalue weighted by Crippen LogP contribution is -2.37. The van der Waals surface area contributed by atoms with Crippen LogP contribution < -0.4 is 15.4 Å². The van der Waals surface area contributed by atoms with E-state index in [1.165, 1.54) is 12.1 Å². The molecule has 0 aliphatic carbocycles. The van der Waals surface area contributed by atoms with Crippen molar-refractivity contribution in [3.8, 4) is 0 Å². The first-order valence-electron chi connectivity index (χ1n) is 7.14. The quantitative estimate of drug-likeness (QED) is 0.755. The van der Waals surface area contributed by atoms with E-state index in [4.69, 9.17) is 0 Å². The number of sulfonamides is 1. The molecule has 1 aromatic carbocycles. The largest absolute Gasteiger partial charge is 0.326 e. The van der Waals surface area contributed by atoms with Gasteiger partial charge < -0.3 is 10.6 Å². The van der Waals surface area contributed by atoms with E-state index in [9.17, 15) is 13.2 Å². The predicted molar refractivity (Wildman–Crippen MR) is 81.5 cm³/mol. The molecule has 3 N–H and O–H groups in total. The zero-order valence-corrected chi connectivity index (χ0v) is 12.9. The molecule has 1 heterocycles. The average Bonchev–Trinajstić information content (AvgIpc) is 2.48. The standard InChI is InChI=1S/C14H21N3O3S/c1-2-16-21(19,20)13-7-5-12(6-8-13)17-14(18)11-4-3-9-15-10-11/h5-8,11,15-16H,2-4,9-10H2,1H3,(H,17,18)/t11-/m1/s1. The van der Waals surface area contributed by atoms with Crippen molar-refractivity contribution in [1.82, 2.24) is 10.0 Å². The summed E-state index contributed by atoms with van der Waals surface area (Å²) in [6.45, 7) is 3.72. The van der Waals surface area contributed by atoms with Crippen molar-refractivity contribution in [3.05, 3.63) is 24.3 Å². The number of nitrogens with one attached hydrogen (secondary N) is 3. The molecule has 1 atom stereocenters. The fourth-order valence-electron chi connectivity index (χ4n) is 2.31. The fraction of sp³-hybridized carbons (Fsp3) is 0.500. The van der Waals surface area contributed by atoms with E-state index < -0.39 is 10.0 Å². The van der Waals surface area contributed by atoms with E-state index in [0.29, 0.717) is 18.8 Å². The van der Waals surface area contributed by atoms with E-state index in [2.05, 4.69) is 15.4 Å². The minimum absolute atomic E-state index is 0.0236. The molecule has 0 spiro atoms.